The number of carbonyl (C=O) groups is 1. The molecule has 1 amide bonds. The van der Waals surface area contributed by atoms with E-state index in [0.29, 0.717) is 26.4 Å². The van der Waals surface area contributed by atoms with Crippen molar-refractivity contribution in [1.29, 1.82) is 0 Å². The molecular weight excluding hydrogens is 456 g/mol. The highest BCUT2D eigenvalue weighted by molar-refractivity contribution is 7.89. The van der Waals surface area contributed by atoms with Gasteiger partial charge < -0.3 is 9.47 Å². The number of carbonyl (C=O) groups excluding carboxylic acids is 1. The van der Waals surface area contributed by atoms with Crippen LogP contribution in [0.5, 0.6) is 0 Å². The van der Waals surface area contributed by atoms with E-state index in [4.69, 9.17) is 14.7 Å². The van der Waals surface area contributed by atoms with E-state index < -0.39 is 15.9 Å². The van der Waals surface area contributed by atoms with Crippen molar-refractivity contribution in [1.82, 2.24) is 10.2 Å². The topological polar surface area (TPSA) is 114 Å². The Hall–Kier alpha value is -2.30. The van der Waals surface area contributed by atoms with Gasteiger partial charge in [-0.3, -0.25) is 10.0 Å². The predicted octanol–water partition coefficient (Wildman–Crippen LogP) is 3.02. The van der Waals surface area contributed by atoms with E-state index in [1.165, 1.54) is 5.56 Å². The molecule has 0 spiro atoms. The molecule has 2 aromatic carbocycles. The third-order valence-corrected chi connectivity index (χ3v) is 6.66. The van der Waals surface area contributed by atoms with E-state index in [-0.39, 0.29) is 17.9 Å². The minimum atomic E-state index is -3.55. The van der Waals surface area contributed by atoms with Crippen LogP contribution in [-0.2, 0) is 43.6 Å². The largest absolute Gasteiger partial charge is 0.379 e. The van der Waals surface area contributed by atoms with Gasteiger partial charge in [0.1, 0.15) is 0 Å². The van der Waals surface area contributed by atoms with Gasteiger partial charge in [0.2, 0.25) is 15.9 Å². The van der Waals surface area contributed by atoms with Gasteiger partial charge in [-0.2, -0.15) is 0 Å². The Kier molecular flexibility index (Phi) is 12.8. The van der Waals surface area contributed by atoms with Crippen molar-refractivity contribution in [3.8, 4) is 0 Å². The fraction of sp³-hybridized carbons (Fsp3) is 0.480. The highest BCUT2D eigenvalue weighted by Gasteiger charge is 2.13. The van der Waals surface area contributed by atoms with E-state index in [2.05, 4.69) is 4.72 Å². The summed E-state index contributed by atoms with van der Waals surface area (Å²) in [5.41, 5.74) is 4.77. The molecule has 0 heterocycles. The summed E-state index contributed by atoms with van der Waals surface area (Å²) in [7, 11) is -3.55. The van der Waals surface area contributed by atoms with Gasteiger partial charge in [0.25, 0.3) is 0 Å². The number of aryl methyl sites for hydroxylation is 2. The number of nitrogens with one attached hydrogen (secondary N) is 2. The second kappa shape index (κ2) is 15.6. The Bertz CT molecular complexity index is 946. The van der Waals surface area contributed by atoms with Crippen LogP contribution in [0.1, 0.15) is 42.9 Å². The molecule has 2 aromatic rings. The molecule has 0 aromatic heterocycles. The number of amides is 1. The number of hydrogen-bond acceptors (Lipinski definition) is 6. The Morgan fingerprint density at radius 2 is 1.35 bits per heavy atom. The van der Waals surface area contributed by atoms with Crippen LogP contribution in [-0.4, -0.2) is 52.5 Å². The average molecular weight is 493 g/mol. The van der Waals surface area contributed by atoms with Crippen LogP contribution in [0.3, 0.4) is 0 Å². The lowest BCUT2D eigenvalue weighted by Crippen LogP contribution is -2.27. The van der Waals surface area contributed by atoms with Crippen molar-refractivity contribution in [2.24, 2.45) is 0 Å². The van der Waals surface area contributed by atoms with E-state index in [0.717, 1.165) is 43.2 Å². The molecule has 0 atom stereocenters. The average Bonchev–Trinajstić information content (AvgIpc) is 2.84. The molecule has 0 aliphatic heterocycles. The fourth-order valence-electron chi connectivity index (χ4n) is 3.34. The van der Waals surface area contributed by atoms with Crippen molar-refractivity contribution in [3.63, 3.8) is 0 Å². The van der Waals surface area contributed by atoms with Gasteiger partial charge in [-0.25, -0.2) is 18.6 Å². The molecule has 2 rings (SSSR count). The minimum absolute atomic E-state index is 0.153. The molecule has 3 N–H and O–H groups in total. The maximum Gasteiger partial charge on any atom is 0.247 e. The maximum atomic E-state index is 12.4. The highest BCUT2D eigenvalue weighted by atomic mass is 32.2. The summed E-state index contributed by atoms with van der Waals surface area (Å²) in [6, 6.07) is 14.8. The van der Waals surface area contributed by atoms with Gasteiger partial charge in [-0.05, 0) is 60.9 Å². The molecule has 8 nitrogen and oxygen atoms in total. The van der Waals surface area contributed by atoms with Gasteiger partial charge in [0.15, 0.2) is 0 Å². The lowest BCUT2D eigenvalue weighted by molar-refractivity contribution is -0.128. The second-order valence-corrected chi connectivity index (χ2v) is 9.77. The zero-order chi connectivity index (χ0) is 24.7. The van der Waals surface area contributed by atoms with Crippen LogP contribution in [0, 0.1) is 0 Å². The van der Waals surface area contributed by atoms with Gasteiger partial charge in [-0.1, -0.05) is 43.3 Å². The van der Waals surface area contributed by atoms with Gasteiger partial charge in [0.05, 0.1) is 31.1 Å². The third-order valence-electron chi connectivity index (χ3n) is 5.19. The summed E-state index contributed by atoms with van der Waals surface area (Å²) in [4.78, 5) is 11.4. The van der Waals surface area contributed by atoms with Gasteiger partial charge in [0, 0.05) is 13.2 Å². The van der Waals surface area contributed by atoms with Crippen LogP contribution >= 0.6 is 0 Å². The summed E-state index contributed by atoms with van der Waals surface area (Å²) in [5.74, 6) is -0.430. The van der Waals surface area contributed by atoms with Crippen molar-refractivity contribution in [2.45, 2.75) is 50.3 Å². The second-order valence-electron chi connectivity index (χ2n) is 8.00. The monoisotopic (exact) mass is 492 g/mol. The first kappa shape index (κ1) is 27.9. The summed E-state index contributed by atoms with van der Waals surface area (Å²) >= 11 is 0. The zero-order valence-electron chi connectivity index (χ0n) is 19.8. The lowest BCUT2D eigenvalue weighted by Gasteiger charge is -2.09. The first-order chi connectivity index (χ1) is 16.4. The highest BCUT2D eigenvalue weighted by Crippen LogP contribution is 2.14. The third kappa shape index (κ3) is 10.8. The summed E-state index contributed by atoms with van der Waals surface area (Å²) in [6.07, 6.45) is 4.90. The Labute approximate surface area is 202 Å². The first-order valence-corrected chi connectivity index (χ1v) is 13.2. The predicted molar refractivity (Wildman–Crippen MR) is 130 cm³/mol. The van der Waals surface area contributed by atoms with E-state index in [9.17, 15) is 13.2 Å². The van der Waals surface area contributed by atoms with Crippen molar-refractivity contribution >= 4 is 15.9 Å². The SMILES string of the molecule is CCCOCCOCCNS(=O)(=O)c1ccc(CCCCc2ccc(CC(=O)NO)cc2)cc1. The number of ether oxygens (including phenoxy) is 2. The molecule has 0 radical (unpaired) electrons. The smallest absolute Gasteiger partial charge is 0.247 e. The number of sulfonamides is 1. The van der Waals surface area contributed by atoms with Crippen LogP contribution in [0.25, 0.3) is 0 Å². The number of hydroxylamine groups is 1. The number of benzene rings is 2. The Morgan fingerprint density at radius 1 is 0.824 bits per heavy atom. The molecule has 0 aliphatic carbocycles. The fourth-order valence-corrected chi connectivity index (χ4v) is 4.35. The zero-order valence-corrected chi connectivity index (χ0v) is 20.6. The lowest BCUT2D eigenvalue weighted by atomic mass is 10.0. The van der Waals surface area contributed by atoms with Crippen LogP contribution in [0.4, 0.5) is 0 Å². The molecule has 34 heavy (non-hydrogen) atoms. The Balaban J connectivity index is 1.66. The van der Waals surface area contributed by atoms with Gasteiger partial charge in [-0.15, -0.1) is 0 Å². The molecule has 0 bridgehead atoms. The molecular formula is C25H36N2O6S. The maximum absolute atomic E-state index is 12.4. The van der Waals surface area contributed by atoms with Crippen LogP contribution in [0.2, 0.25) is 0 Å². The summed E-state index contributed by atoms with van der Waals surface area (Å²) < 4.78 is 38.0. The summed E-state index contributed by atoms with van der Waals surface area (Å²) in [6.45, 7) is 4.22. The van der Waals surface area contributed by atoms with Crippen molar-refractivity contribution in [2.75, 3.05) is 33.0 Å². The standard InChI is InChI=1S/C25H36N2O6S/c1-2-16-32-18-19-33-17-15-26-34(30,31)24-13-11-22(12-14-24)6-4-3-5-21-7-9-23(10-8-21)20-25(28)27-29/h7-14,26,29H,2-6,15-20H2,1H3,(H,27,28). The molecule has 0 fully saturated rings. The molecule has 188 valence electrons. The van der Waals surface area contributed by atoms with E-state index in [1.807, 2.05) is 43.3 Å². The quantitative estimate of drug-likeness (QED) is 0.178. The number of unbranched alkanes of at least 4 members (excludes halogenated alkanes) is 1. The normalized spacial score (nSPS) is 11.5. The molecule has 0 saturated heterocycles. The number of rotatable bonds is 17. The van der Waals surface area contributed by atoms with E-state index >= 15 is 0 Å². The van der Waals surface area contributed by atoms with Gasteiger partial charge >= 0.3 is 0 Å². The van der Waals surface area contributed by atoms with Crippen molar-refractivity contribution in [3.05, 3.63) is 65.2 Å². The minimum Gasteiger partial charge on any atom is -0.379 e. The molecule has 0 saturated carbocycles. The summed E-state index contributed by atoms with van der Waals surface area (Å²) in [5, 5.41) is 8.58. The molecule has 0 unspecified atom stereocenters. The first-order valence-electron chi connectivity index (χ1n) is 11.7. The molecule has 9 heteroatoms. The van der Waals surface area contributed by atoms with Crippen LogP contribution in [0.15, 0.2) is 53.4 Å². The molecule has 0 aliphatic rings. The van der Waals surface area contributed by atoms with E-state index in [1.54, 1.807) is 17.6 Å². The number of hydrogen-bond donors (Lipinski definition) is 3. The Morgan fingerprint density at radius 3 is 1.91 bits per heavy atom. The van der Waals surface area contributed by atoms with Crippen LogP contribution < -0.4 is 10.2 Å². The van der Waals surface area contributed by atoms with Crippen molar-refractivity contribution < 1.29 is 27.9 Å².